The molecule has 6 heteroatoms. The van der Waals surface area contributed by atoms with Gasteiger partial charge in [-0.3, -0.25) is 9.59 Å². The summed E-state index contributed by atoms with van der Waals surface area (Å²) in [7, 11) is 0. The molecule has 1 heterocycles. The molecule has 4 aliphatic carbocycles. The molecule has 4 saturated carbocycles. The fourth-order valence-corrected chi connectivity index (χ4v) is 5.96. The summed E-state index contributed by atoms with van der Waals surface area (Å²) < 4.78 is 12.5. The van der Waals surface area contributed by atoms with Gasteiger partial charge in [0.1, 0.15) is 6.54 Å². The van der Waals surface area contributed by atoms with Gasteiger partial charge in [0.15, 0.2) is 0 Å². The van der Waals surface area contributed by atoms with E-state index in [4.69, 9.17) is 9.47 Å². The largest absolute Gasteiger partial charge is 0.465 e. The van der Waals surface area contributed by atoms with Crippen LogP contribution in [0.15, 0.2) is 18.7 Å². The predicted molar refractivity (Wildman–Crippen MR) is 98.5 cm³/mol. The van der Waals surface area contributed by atoms with Gasteiger partial charge in [0.05, 0.1) is 26.0 Å². The molecule has 1 unspecified atom stereocenters. The third-order valence-electron chi connectivity index (χ3n) is 6.61. The summed E-state index contributed by atoms with van der Waals surface area (Å²) in [5.41, 5.74) is 0.215. The maximum atomic E-state index is 12.4. The summed E-state index contributed by atoms with van der Waals surface area (Å²) in [6, 6.07) is 0. The van der Waals surface area contributed by atoms with Crippen molar-refractivity contribution in [3.63, 3.8) is 0 Å². The van der Waals surface area contributed by atoms with Crippen molar-refractivity contribution in [2.45, 2.75) is 58.4 Å². The van der Waals surface area contributed by atoms with Crippen LogP contribution in [0.2, 0.25) is 0 Å². The second kappa shape index (κ2) is 7.64. The Hall–Kier alpha value is -1.85. The normalized spacial score (nSPS) is 32.3. The van der Waals surface area contributed by atoms with Crippen molar-refractivity contribution >= 4 is 11.9 Å². The first kappa shape index (κ1) is 18.5. The standard InChI is InChI=1S/C21H30N2O4/c1-15(13-27-20(25)11-23-3-2-22-14-23)12-26-19(24)10-21-7-16-4-17(8-21)6-18(5-16)9-21/h2-3,14-18H,4-13H2,1H3. The first-order chi connectivity index (χ1) is 13.0. The molecule has 0 N–H and O–H groups in total. The molecule has 5 rings (SSSR count). The van der Waals surface area contributed by atoms with E-state index in [1.165, 1.54) is 38.5 Å². The number of nitrogens with zero attached hydrogens (tertiary/aromatic N) is 2. The molecule has 4 aliphatic rings. The Bertz CT molecular complexity index is 634. The summed E-state index contributed by atoms with van der Waals surface area (Å²) in [6.07, 6.45) is 13.3. The highest BCUT2D eigenvalue weighted by atomic mass is 16.5. The SMILES string of the molecule is CC(COC(=O)Cn1ccnc1)COC(=O)CC12CC3CC(CC(C3)C1)C2. The van der Waals surface area contributed by atoms with Gasteiger partial charge in [-0.2, -0.15) is 0 Å². The van der Waals surface area contributed by atoms with Gasteiger partial charge in [0, 0.05) is 18.3 Å². The van der Waals surface area contributed by atoms with Crippen LogP contribution >= 0.6 is 0 Å². The molecule has 0 radical (unpaired) electrons. The zero-order valence-corrected chi connectivity index (χ0v) is 16.1. The Labute approximate surface area is 160 Å². The molecule has 148 valence electrons. The van der Waals surface area contributed by atoms with E-state index in [0.29, 0.717) is 13.0 Å². The first-order valence-corrected chi connectivity index (χ1v) is 10.3. The number of aromatic nitrogens is 2. The summed E-state index contributed by atoms with van der Waals surface area (Å²) >= 11 is 0. The summed E-state index contributed by atoms with van der Waals surface area (Å²) in [4.78, 5) is 28.1. The first-order valence-electron chi connectivity index (χ1n) is 10.3. The number of ether oxygens (including phenoxy) is 2. The van der Waals surface area contributed by atoms with Crippen LogP contribution in [0.25, 0.3) is 0 Å². The van der Waals surface area contributed by atoms with E-state index in [0.717, 1.165) is 17.8 Å². The molecule has 0 amide bonds. The van der Waals surface area contributed by atoms with Crippen LogP contribution in [0.3, 0.4) is 0 Å². The molecule has 0 aromatic carbocycles. The van der Waals surface area contributed by atoms with Crippen LogP contribution in [0, 0.1) is 29.1 Å². The number of carbonyl (C=O) groups is 2. The van der Waals surface area contributed by atoms with E-state index in [1.54, 1.807) is 23.3 Å². The number of carbonyl (C=O) groups excluding carboxylic acids is 2. The summed E-state index contributed by atoms with van der Waals surface area (Å²) in [5.74, 6) is 2.15. The molecule has 4 fully saturated rings. The van der Waals surface area contributed by atoms with Gasteiger partial charge in [-0.15, -0.1) is 0 Å². The van der Waals surface area contributed by atoms with Crippen molar-refractivity contribution in [2.24, 2.45) is 29.1 Å². The molecule has 0 aliphatic heterocycles. The Balaban J connectivity index is 1.16. The number of hydrogen-bond donors (Lipinski definition) is 0. The second-order valence-electron chi connectivity index (χ2n) is 9.30. The molecule has 4 bridgehead atoms. The quantitative estimate of drug-likeness (QED) is 0.654. The van der Waals surface area contributed by atoms with Gasteiger partial charge in [-0.1, -0.05) is 6.92 Å². The zero-order chi connectivity index (χ0) is 18.9. The Morgan fingerprint density at radius 2 is 1.67 bits per heavy atom. The lowest BCUT2D eigenvalue weighted by Gasteiger charge is -2.56. The van der Waals surface area contributed by atoms with Crippen molar-refractivity contribution in [3.05, 3.63) is 18.7 Å². The fraction of sp³-hybridized carbons (Fsp3) is 0.762. The van der Waals surface area contributed by atoms with Crippen molar-refractivity contribution in [1.82, 2.24) is 9.55 Å². The predicted octanol–water partition coefficient (Wildman–Crippen LogP) is 3.21. The van der Waals surface area contributed by atoms with Crippen LogP contribution in [0.1, 0.15) is 51.9 Å². The lowest BCUT2D eigenvalue weighted by atomic mass is 9.49. The molecular weight excluding hydrogens is 344 g/mol. The topological polar surface area (TPSA) is 70.4 Å². The molecule has 27 heavy (non-hydrogen) atoms. The maximum absolute atomic E-state index is 12.4. The Kier molecular flexibility index (Phi) is 5.24. The smallest absolute Gasteiger partial charge is 0.325 e. The molecule has 1 aromatic heterocycles. The fourth-order valence-electron chi connectivity index (χ4n) is 5.96. The molecule has 0 spiro atoms. The van der Waals surface area contributed by atoms with E-state index in [1.807, 2.05) is 6.92 Å². The third kappa shape index (κ3) is 4.53. The van der Waals surface area contributed by atoms with Crippen molar-refractivity contribution < 1.29 is 19.1 Å². The average molecular weight is 374 g/mol. The summed E-state index contributed by atoms with van der Waals surface area (Å²) in [5, 5.41) is 0. The molecule has 6 nitrogen and oxygen atoms in total. The second-order valence-corrected chi connectivity index (χ2v) is 9.30. The number of rotatable bonds is 8. The molecular formula is C21H30N2O4. The van der Waals surface area contributed by atoms with E-state index >= 15 is 0 Å². The third-order valence-corrected chi connectivity index (χ3v) is 6.61. The van der Waals surface area contributed by atoms with Crippen molar-refractivity contribution in [2.75, 3.05) is 13.2 Å². The highest BCUT2D eigenvalue weighted by molar-refractivity contribution is 5.70. The molecule has 1 aromatic rings. The minimum absolute atomic E-state index is 0.00273. The van der Waals surface area contributed by atoms with Gasteiger partial charge in [0.2, 0.25) is 0 Å². The van der Waals surface area contributed by atoms with Gasteiger partial charge in [-0.25, -0.2) is 4.98 Å². The molecule has 1 atom stereocenters. The van der Waals surface area contributed by atoms with E-state index < -0.39 is 0 Å². The van der Waals surface area contributed by atoms with E-state index in [9.17, 15) is 9.59 Å². The van der Waals surface area contributed by atoms with Crippen molar-refractivity contribution in [1.29, 1.82) is 0 Å². The van der Waals surface area contributed by atoms with Crippen molar-refractivity contribution in [3.8, 4) is 0 Å². The van der Waals surface area contributed by atoms with Crippen LogP contribution in [-0.4, -0.2) is 34.7 Å². The highest BCUT2D eigenvalue weighted by Gasteiger charge is 2.51. The lowest BCUT2D eigenvalue weighted by molar-refractivity contribution is -0.154. The average Bonchev–Trinajstić information content (AvgIpc) is 3.09. The van der Waals surface area contributed by atoms with Gasteiger partial charge in [-0.05, 0) is 61.7 Å². The Morgan fingerprint density at radius 1 is 1.07 bits per heavy atom. The van der Waals surface area contributed by atoms with E-state index in [-0.39, 0.29) is 36.4 Å². The molecule has 0 saturated heterocycles. The van der Waals surface area contributed by atoms with Gasteiger partial charge < -0.3 is 14.0 Å². The minimum Gasteiger partial charge on any atom is -0.465 e. The lowest BCUT2D eigenvalue weighted by Crippen LogP contribution is -2.47. The number of hydrogen-bond acceptors (Lipinski definition) is 5. The summed E-state index contributed by atoms with van der Waals surface area (Å²) in [6.45, 7) is 2.66. The minimum atomic E-state index is -0.306. The van der Waals surface area contributed by atoms with Gasteiger partial charge in [0.25, 0.3) is 0 Å². The highest BCUT2D eigenvalue weighted by Crippen LogP contribution is 2.61. The van der Waals surface area contributed by atoms with Crippen LogP contribution in [0.4, 0.5) is 0 Å². The van der Waals surface area contributed by atoms with Gasteiger partial charge >= 0.3 is 11.9 Å². The monoisotopic (exact) mass is 374 g/mol. The number of esters is 2. The zero-order valence-electron chi connectivity index (χ0n) is 16.1. The van der Waals surface area contributed by atoms with Crippen LogP contribution < -0.4 is 0 Å². The maximum Gasteiger partial charge on any atom is 0.325 e. The number of imidazole rings is 1. The van der Waals surface area contributed by atoms with Crippen LogP contribution in [0.5, 0.6) is 0 Å². The van der Waals surface area contributed by atoms with Crippen LogP contribution in [-0.2, 0) is 25.6 Å². The van der Waals surface area contributed by atoms with E-state index in [2.05, 4.69) is 4.98 Å². The Morgan fingerprint density at radius 3 is 2.22 bits per heavy atom.